The normalized spacial score (nSPS) is 15.4. The van der Waals surface area contributed by atoms with Crippen LogP contribution in [0.1, 0.15) is 30.4 Å². The Morgan fingerprint density at radius 1 is 1.08 bits per heavy atom. The molecule has 26 heavy (non-hydrogen) atoms. The lowest BCUT2D eigenvalue weighted by atomic mass is 9.93. The number of rotatable bonds is 5. The van der Waals surface area contributed by atoms with E-state index in [1.165, 1.54) is 12.7 Å². The van der Waals surface area contributed by atoms with Crippen LogP contribution in [0.5, 0.6) is 0 Å². The van der Waals surface area contributed by atoms with Gasteiger partial charge in [0.2, 0.25) is 0 Å². The van der Waals surface area contributed by atoms with E-state index in [9.17, 15) is 4.79 Å². The topological polar surface area (TPSA) is 53.3 Å². The molecule has 0 amide bonds. The first kappa shape index (κ1) is 18.2. The van der Waals surface area contributed by atoms with Crippen LogP contribution in [-0.2, 0) is 16.1 Å². The Hall–Kier alpha value is -2.64. The average Bonchev–Trinajstić information content (AvgIpc) is 2.70. The van der Waals surface area contributed by atoms with Crippen LogP contribution in [0, 0.1) is 17.2 Å². The summed E-state index contributed by atoms with van der Waals surface area (Å²) in [6.07, 6.45) is 2.65. The molecule has 134 valence electrons. The van der Waals surface area contributed by atoms with E-state index >= 15 is 0 Å². The van der Waals surface area contributed by atoms with E-state index < -0.39 is 0 Å². The third-order valence-corrected chi connectivity index (χ3v) is 5.10. The lowest BCUT2D eigenvalue weighted by molar-refractivity contribution is -0.142. The van der Waals surface area contributed by atoms with Crippen molar-refractivity contribution in [2.24, 2.45) is 5.92 Å². The molecule has 0 atom stereocenters. The van der Waals surface area contributed by atoms with Gasteiger partial charge in [-0.1, -0.05) is 36.4 Å². The lowest BCUT2D eigenvalue weighted by Gasteiger charge is -2.31. The second kappa shape index (κ2) is 8.64. The highest BCUT2D eigenvalue weighted by atomic mass is 16.5. The summed E-state index contributed by atoms with van der Waals surface area (Å²) in [7, 11) is 1.46. The highest BCUT2D eigenvalue weighted by Crippen LogP contribution is 2.24. The fourth-order valence-electron chi connectivity index (χ4n) is 3.47. The Labute approximate surface area is 155 Å². The Kier molecular flexibility index (Phi) is 6.04. The number of nitriles is 1. The molecular formula is C22H24N2O2. The maximum Gasteiger partial charge on any atom is 0.305 e. The molecule has 0 N–H and O–H groups in total. The molecule has 0 aliphatic carbocycles. The maximum atomic E-state index is 11.4. The predicted octanol–water partition coefficient (Wildman–Crippen LogP) is 4.00. The van der Waals surface area contributed by atoms with Gasteiger partial charge >= 0.3 is 5.97 Å². The summed E-state index contributed by atoms with van der Waals surface area (Å²) in [5, 5.41) is 8.89. The van der Waals surface area contributed by atoms with Crippen LogP contribution in [0.2, 0.25) is 0 Å². The van der Waals surface area contributed by atoms with Gasteiger partial charge in [-0.05, 0) is 60.7 Å². The summed E-state index contributed by atoms with van der Waals surface area (Å²) >= 11 is 0. The molecule has 0 saturated carbocycles. The molecule has 3 rings (SSSR count). The number of likely N-dealkylation sites (tertiary alicyclic amines) is 1. The highest BCUT2D eigenvalue weighted by molar-refractivity contribution is 5.69. The number of nitrogens with zero attached hydrogens (tertiary/aromatic N) is 2. The van der Waals surface area contributed by atoms with Gasteiger partial charge in [0.05, 0.1) is 18.7 Å². The molecule has 0 aromatic heterocycles. The molecule has 0 radical (unpaired) electrons. The number of methoxy groups -OCH3 is 1. The molecule has 0 unspecified atom stereocenters. The van der Waals surface area contributed by atoms with Gasteiger partial charge < -0.3 is 4.74 Å². The van der Waals surface area contributed by atoms with Crippen molar-refractivity contribution in [3.05, 3.63) is 59.7 Å². The molecule has 2 aromatic rings. The predicted molar refractivity (Wildman–Crippen MR) is 101 cm³/mol. The second-order valence-electron chi connectivity index (χ2n) is 6.89. The molecular weight excluding hydrogens is 324 g/mol. The number of hydrogen-bond donors (Lipinski definition) is 0. The number of esters is 1. The van der Waals surface area contributed by atoms with Crippen molar-refractivity contribution in [1.29, 1.82) is 5.26 Å². The molecule has 1 saturated heterocycles. The standard InChI is InChI=1S/C22H24N2O2/c1-26-22(25)14-17-10-12-24(13-11-17)16-19-4-8-21(9-5-19)20-6-2-18(15-23)3-7-20/h2-9,17H,10-14,16H2,1H3. The van der Waals surface area contributed by atoms with Gasteiger partial charge in [-0.25, -0.2) is 0 Å². The average molecular weight is 348 g/mol. The van der Waals surface area contributed by atoms with E-state index in [-0.39, 0.29) is 5.97 Å². The minimum absolute atomic E-state index is 0.0955. The fraction of sp³-hybridized carbons (Fsp3) is 0.364. The highest BCUT2D eigenvalue weighted by Gasteiger charge is 2.21. The van der Waals surface area contributed by atoms with Crippen molar-refractivity contribution in [2.75, 3.05) is 20.2 Å². The summed E-state index contributed by atoms with van der Waals surface area (Å²) in [6.45, 7) is 3.00. The van der Waals surface area contributed by atoms with Crippen LogP contribution in [0.3, 0.4) is 0 Å². The van der Waals surface area contributed by atoms with E-state index in [2.05, 4.69) is 35.2 Å². The first-order valence-corrected chi connectivity index (χ1v) is 9.06. The van der Waals surface area contributed by atoms with Crippen LogP contribution >= 0.6 is 0 Å². The molecule has 1 aliphatic rings. The third kappa shape index (κ3) is 4.71. The number of piperidine rings is 1. The second-order valence-corrected chi connectivity index (χ2v) is 6.89. The summed E-state index contributed by atoms with van der Waals surface area (Å²) in [5.74, 6) is 0.360. The fourth-order valence-corrected chi connectivity index (χ4v) is 3.47. The number of carbonyl (C=O) groups is 1. The van der Waals surface area contributed by atoms with Crippen molar-refractivity contribution in [3.63, 3.8) is 0 Å². The smallest absolute Gasteiger partial charge is 0.305 e. The summed E-state index contributed by atoms with van der Waals surface area (Å²) in [4.78, 5) is 13.8. The quantitative estimate of drug-likeness (QED) is 0.767. The minimum Gasteiger partial charge on any atom is -0.469 e. The molecule has 1 fully saturated rings. The Balaban J connectivity index is 1.53. The van der Waals surface area contributed by atoms with E-state index in [1.54, 1.807) is 0 Å². The van der Waals surface area contributed by atoms with Gasteiger partial charge in [0.25, 0.3) is 0 Å². The summed E-state index contributed by atoms with van der Waals surface area (Å²) in [5.41, 5.74) is 4.27. The molecule has 0 bridgehead atoms. The van der Waals surface area contributed by atoms with Gasteiger partial charge in [-0.3, -0.25) is 9.69 Å². The van der Waals surface area contributed by atoms with Gasteiger partial charge in [-0.2, -0.15) is 5.26 Å². The number of ether oxygens (including phenoxy) is 1. The molecule has 1 aliphatic heterocycles. The van der Waals surface area contributed by atoms with Gasteiger partial charge in [-0.15, -0.1) is 0 Å². The summed E-state index contributed by atoms with van der Waals surface area (Å²) < 4.78 is 4.77. The van der Waals surface area contributed by atoms with Crippen LogP contribution in [0.15, 0.2) is 48.5 Å². The van der Waals surface area contributed by atoms with Crippen molar-refractivity contribution in [3.8, 4) is 17.2 Å². The maximum absolute atomic E-state index is 11.4. The Morgan fingerprint density at radius 2 is 1.65 bits per heavy atom. The van der Waals surface area contributed by atoms with Crippen molar-refractivity contribution in [1.82, 2.24) is 4.90 Å². The molecule has 0 spiro atoms. The monoisotopic (exact) mass is 348 g/mol. The Bertz CT molecular complexity index is 767. The molecule has 4 nitrogen and oxygen atoms in total. The largest absolute Gasteiger partial charge is 0.469 e. The van der Waals surface area contributed by atoms with Crippen molar-refractivity contribution >= 4 is 5.97 Å². The number of hydrogen-bond acceptors (Lipinski definition) is 4. The first-order valence-electron chi connectivity index (χ1n) is 9.06. The van der Waals surface area contributed by atoms with E-state index in [0.29, 0.717) is 17.9 Å². The Morgan fingerprint density at radius 3 is 2.19 bits per heavy atom. The minimum atomic E-state index is -0.0955. The van der Waals surface area contributed by atoms with Gasteiger partial charge in [0, 0.05) is 13.0 Å². The lowest BCUT2D eigenvalue weighted by Crippen LogP contribution is -2.34. The van der Waals surface area contributed by atoms with Crippen LogP contribution in [-0.4, -0.2) is 31.1 Å². The third-order valence-electron chi connectivity index (χ3n) is 5.10. The first-order chi connectivity index (χ1) is 12.7. The number of carbonyl (C=O) groups excluding carboxylic acids is 1. The molecule has 4 heteroatoms. The van der Waals surface area contributed by atoms with Crippen LogP contribution in [0.4, 0.5) is 0 Å². The molecule has 2 aromatic carbocycles. The zero-order valence-corrected chi connectivity index (χ0v) is 15.1. The SMILES string of the molecule is COC(=O)CC1CCN(Cc2ccc(-c3ccc(C#N)cc3)cc2)CC1. The van der Waals surface area contributed by atoms with Crippen molar-refractivity contribution < 1.29 is 9.53 Å². The van der Waals surface area contributed by atoms with Gasteiger partial charge in [0.1, 0.15) is 0 Å². The van der Waals surface area contributed by atoms with Crippen LogP contribution in [0.25, 0.3) is 11.1 Å². The zero-order valence-electron chi connectivity index (χ0n) is 15.1. The van der Waals surface area contributed by atoms with E-state index in [4.69, 9.17) is 10.00 Å². The summed E-state index contributed by atoms with van der Waals surface area (Å²) in [6, 6.07) is 18.4. The van der Waals surface area contributed by atoms with Crippen molar-refractivity contribution in [2.45, 2.75) is 25.8 Å². The van der Waals surface area contributed by atoms with E-state index in [0.717, 1.165) is 43.6 Å². The van der Waals surface area contributed by atoms with Crippen LogP contribution < -0.4 is 0 Å². The zero-order chi connectivity index (χ0) is 18.4. The van der Waals surface area contributed by atoms with Gasteiger partial charge in [0.15, 0.2) is 0 Å². The number of benzene rings is 2. The molecule has 1 heterocycles. The van der Waals surface area contributed by atoms with E-state index in [1.807, 2.05) is 24.3 Å².